The lowest BCUT2D eigenvalue weighted by Crippen LogP contribution is -2.41. The molecular formula is C12H26N2O2. The summed E-state index contributed by atoms with van der Waals surface area (Å²) in [4.78, 5) is 13.0. The number of nitrogens with zero attached hydrogens (tertiary/aromatic N) is 1. The zero-order valence-electron chi connectivity index (χ0n) is 11.4. The van der Waals surface area contributed by atoms with Gasteiger partial charge in [-0.1, -0.05) is 20.8 Å². The molecule has 0 heterocycles. The van der Waals surface area contributed by atoms with E-state index in [1.165, 1.54) is 0 Å². The van der Waals surface area contributed by atoms with Crippen LogP contribution in [0.5, 0.6) is 0 Å². The summed E-state index contributed by atoms with van der Waals surface area (Å²) in [6.45, 7) is 8.46. The number of carbonyl (C=O) groups is 1. The third-order valence-electron chi connectivity index (χ3n) is 2.64. The highest BCUT2D eigenvalue weighted by molar-refractivity contribution is 5.76. The quantitative estimate of drug-likeness (QED) is 0.736. The first kappa shape index (κ1) is 15.4. The van der Waals surface area contributed by atoms with Gasteiger partial charge in [-0.3, -0.25) is 4.79 Å². The molecule has 0 bridgehead atoms. The molecule has 0 fully saturated rings. The van der Waals surface area contributed by atoms with Gasteiger partial charge in [-0.2, -0.15) is 0 Å². The van der Waals surface area contributed by atoms with Gasteiger partial charge in [-0.25, -0.2) is 0 Å². The van der Waals surface area contributed by atoms with Gasteiger partial charge in [0.25, 0.3) is 0 Å². The number of hydrogen-bond acceptors (Lipinski definition) is 3. The summed E-state index contributed by atoms with van der Waals surface area (Å²) in [6.07, 6.45) is 0.0635. The second-order valence-electron chi connectivity index (χ2n) is 5.68. The van der Waals surface area contributed by atoms with Crippen molar-refractivity contribution in [2.75, 3.05) is 20.6 Å². The summed E-state index contributed by atoms with van der Waals surface area (Å²) >= 11 is 0. The SMILES string of the molecule is CC(CC(=O)N(C)C)NCC(O)C(C)(C)C. The van der Waals surface area contributed by atoms with Crippen LogP contribution in [0.1, 0.15) is 34.1 Å². The van der Waals surface area contributed by atoms with E-state index in [1.807, 2.05) is 27.7 Å². The van der Waals surface area contributed by atoms with Crippen LogP contribution in [0.4, 0.5) is 0 Å². The lowest BCUT2D eigenvalue weighted by atomic mass is 9.89. The Morgan fingerprint density at radius 1 is 1.38 bits per heavy atom. The second-order valence-corrected chi connectivity index (χ2v) is 5.68. The second kappa shape index (κ2) is 6.21. The Balaban J connectivity index is 3.90. The van der Waals surface area contributed by atoms with Crippen LogP contribution in [0, 0.1) is 5.41 Å². The summed E-state index contributed by atoms with van der Waals surface area (Å²) in [5.74, 6) is 0.102. The van der Waals surface area contributed by atoms with Gasteiger partial charge in [0.05, 0.1) is 6.10 Å². The molecule has 0 saturated heterocycles. The van der Waals surface area contributed by atoms with E-state index in [0.29, 0.717) is 13.0 Å². The van der Waals surface area contributed by atoms with Crippen LogP contribution in [0.15, 0.2) is 0 Å². The molecule has 0 aliphatic heterocycles. The highest BCUT2D eigenvalue weighted by Crippen LogP contribution is 2.18. The maximum absolute atomic E-state index is 11.4. The maximum Gasteiger partial charge on any atom is 0.223 e. The molecule has 0 rings (SSSR count). The first-order valence-corrected chi connectivity index (χ1v) is 5.76. The van der Waals surface area contributed by atoms with Gasteiger partial charge in [0.2, 0.25) is 5.91 Å². The molecule has 0 aliphatic carbocycles. The molecule has 2 N–H and O–H groups in total. The zero-order valence-corrected chi connectivity index (χ0v) is 11.4. The summed E-state index contributed by atoms with van der Waals surface area (Å²) in [5.41, 5.74) is -0.127. The number of rotatable bonds is 5. The van der Waals surface area contributed by atoms with E-state index >= 15 is 0 Å². The van der Waals surface area contributed by atoms with Crippen molar-refractivity contribution in [2.24, 2.45) is 5.41 Å². The topological polar surface area (TPSA) is 52.6 Å². The number of aliphatic hydroxyl groups is 1. The van der Waals surface area contributed by atoms with E-state index in [9.17, 15) is 9.90 Å². The van der Waals surface area contributed by atoms with Crippen LogP contribution in [0.2, 0.25) is 0 Å². The van der Waals surface area contributed by atoms with Crippen molar-refractivity contribution in [2.45, 2.75) is 46.3 Å². The van der Waals surface area contributed by atoms with Crippen LogP contribution >= 0.6 is 0 Å². The molecular weight excluding hydrogens is 204 g/mol. The third-order valence-corrected chi connectivity index (χ3v) is 2.64. The Morgan fingerprint density at radius 2 is 1.88 bits per heavy atom. The van der Waals surface area contributed by atoms with Crippen molar-refractivity contribution >= 4 is 5.91 Å². The Bertz CT molecular complexity index is 222. The minimum Gasteiger partial charge on any atom is -0.391 e. The molecule has 16 heavy (non-hydrogen) atoms. The van der Waals surface area contributed by atoms with Crippen LogP contribution in [0.3, 0.4) is 0 Å². The highest BCUT2D eigenvalue weighted by Gasteiger charge is 2.22. The molecule has 0 aromatic heterocycles. The van der Waals surface area contributed by atoms with Crippen molar-refractivity contribution in [1.82, 2.24) is 10.2 Å². The molecule has 1 amide bonds. The number of nitrogens with one attached hydrogen (secondary N) is 1. The van der Waals surface area contributed by atoms with Crippen LogP contribution < -0.4 is 5.32 Å². The number of amides is 1. The van der Waals surface area contributed by atoms with Crippen LogP contribution in [-0.4, -0.2) is 48.7 Å². The maximum atomic E-state index is 11.4. The van der Waals surface area contributed by atoms with E-state index in [-0.39, 0.29) is 17.4 Å². The molecule has 0 aliphatic rings. The molecule has 0 radical (unpaired) electrons. The van der Waals surface area contributed by atoms with Crippen molar-refractivity contribution in [3.8, 4) is 0 Å². The Morgan fingerprint density at radius 3 is 2.25 bits per heavy atom. The van der Waals surface area contributed by atoms with Gasteiger partial charge in [-0.05, 0) is 12.3 Å². The predicted molar refractivity (Wildman–Crippen MR) is 66.2 cm³/mol. The van der Waals surface area contributed by atoms with E-state index in [0.717, 1.165) is 0 Å². The van der Waals surface area contributed by atoms with Gasteiger partial charge in [-0.15, -0.1) is 0 Å². The van der Waals surface area contributed by atoms with Gasteiger partial charge in [0.1, 0.15) is 0 Å². The normalized spacial score (nSPS) is 15.7. The summed E-state index contributed by atoms with van der Waals surface area (Å²) in [6, 6.07) is 0.0897. The summed E-state index contributed by atoms with van der Waals surface area (Å²) < 4.78 is 0. The molecule has 2 unspecified atom stereocenters. The first-order chi connectivity index (χ1) is 7.14. The molecule has 0 aromatic carbocycles. The van der Waals surface area contributed by atoms with Gasteiger partial charge in [0, 0.05) is 33.1 Å². The Labute approximate surface area is 99.0 Å². The molecule has 4 heteroatoms. The van der Waals surface area contributed by atoms with Crippen LogP contribution in [-0.2, 0) is 4.79 Å². The smallest absolute Gasteiger partial charge is 0.223 e. The largest absolute Gasteiger partial charge is 0.391 e. The van der Waals surface area contributed by atoms with Gasteiger partial charge < -0.3 is 15.3 Å². The predicted octanol–water partition coefficient (Wildman–Crippen LogP) is 0.850. The first-order valence-electron chi connectivity index (χ1n) is 5.76. The highest BCUT2D eigenvalue weighted by atomic mass is 16.3. The number of aliphatic hydroxyl groups excluding tert-OH is 1. The minimum absolute atomic E-state index is 0.0897. The van der Waals surface area contributed by atoms with Crippen molar-refractivity contribution in [1.29, 1.82) is 0 Å². The average Bonchev–Trinajstić information content (AvgIpc) is 2.12. The molecule has 96 valence electrons. The molecule has 0 saturated carbocycles. The molecule has 4 nitrogen and oxygen atoms in total. The lowest BCUT2D eigenvalue weighted by Gasteiger charge is -2.27. The van der Waals surface area contributed by atoms with E-state index in [1.54, 1.807) is 19.0 Å². The molecule has 2 atom stereocenters. The number of carbonyl (C=O) groups excluding carboxylic acids is 1. The van der Waals surface area contributed by atoms with Crippen molar-refractivity contribution in [3.05, 3.63) is 0 Å². The molecule has 0 spiro atoms. The van der Waals surface area contributed by atoms with Crippen molar-refractivity contribution in [3.63, 3.8) is 0 Å². The van der Waals surface area contributed by atoms with E-state index in [2.05, 4.69) is 5.32 Å². The summed E-state index contributed by atoms with van der Waals surface area (Å²) in [7, 11) is 3.50. The Hall–Kier alpha value is -0.610. The summed E-state index contributed by atoms with van der Waals surface area (Å²) in [5, 5.41) is 13.0. The average molecular weight is 230 g/mol. The fourth-order valence-corrected chi connectivity index (χ4v) is 1.14. The van der Waals surface area contributed by atoms with Crippen molar-refractivity contribution < 1.29 is 9.90 Å². The van der Waals surface area contributed by atoms with Gasteiger partial charge in [0.15, 0.2) is 0 Å². The Kier molecular flexibility index (Phi) is 5.97. The van der Waals surface area contributed by atoms with E-state index in [4.69, 9.17) is 0 Å². The fraction of sp³-hybridized carbons (Fsp3) is 0.917. The van der Waals surface area contributed by atoms with E-state index < -0.39 is 6.10 Å². The standard InChI is InChI=1S/C12H26N2O2/c1-9(7-11(16)14(5)6)13-8-10(15)12(2,3)4/h9-10,13,15H,7-8H2,1-6H3. The lowest BCUT2D eigenvalue weighted by molar-refractivity contribution is -0.129. The molecule has 0 aromatic rings. The van der Waals surface area contributed by atoms with Gasteiger partial charge >= 0.3 is 0 Å². The third kappa shape index (κ3) is 6.08. The fourth-order valence-electron chi connectivity index (χ4n) is 1.14. The zero-order chi connectivity index (χ0) is 12.9. The monoisotopic (exact) mass is 230 g/mol. The van der Waals surface area contributed by atoms with Crippen LogP contribution in [0.25, 0.3) is 0 Å². The minimum atomic E-state index is -0.399. The number of hydrogen-bond donors (Lipinski definition) is 2.